The standard InChI is InChI=1S/C15H22O3/c1-8-9-4-5-14(9,3)15-10(11(8)16)6-13(2,7-18-15)12(15)17/h8-10,12,17H,4-7H2,1-3H3. The van der Waals surface area contributed by atoms with Crippen LogP contribution >= 0.6 is 0 Å². The zero-order chi connectivity index (χ0) is 12.9. The minimum atomic E-state index is -0.561. The highest BCUT2D eigenvalue weighted by Gasteiger charge is 2.79. The van der Waals surface area contributed by atoms with Gasteiger partial charge in [0.1, 0.15) is 11.4 Å². The number of carbonyl (C=O) groups is 1. The van der Waals surface area contributed by atoms with E-state index in [1.807, 2.05) is 0 Å². The zero-order valence-electron chi connectivity index (χ0n) is 11.4. The van der Waals surface area contributed by atoms with Gasteiger partial charge in [0.15, 0.2) is 0 Å². The zero-order valence-corrected chi connectivity index (χ0v) is 11.4. The third-order valence-electron chi connectivity index (χ3n) is 6.98. The van der Waals surface area contributed by atoms with Crippen LogP contribution in [-0.2, 0) is 9.53 Å². The van der Waals surface area contributed by atoms with Crippen LogP contribution in [0.4, 0.5) is 0 Å². The van der Waals surface area contributed by atoms with Gasteiger partial charge >= 0.3 is 0 Å². The second kappa shape index (κ2) is 2.85. The average Bonchev–Trinajstić information content (AvgIpc) is 2.70. The molecule has 1 aliphatic heterocycles. The van der Waals surface area contributed by atoms with Crippen molar-refractivity contribution in [3.05, 3.63) is 0 Å². The molecule has 1 N–H and O–H groups in total. The van der Waals surface area contributed by atoms with Crippen LogP contribution in [0.15, 0.2) is 0 Å². The maximum atomic E-state index is 12.6. The maximum absolute atomic E-state index is 12.6. The van der Waals surface area contributed by atoms with Crippen molar-refractivity contribution < 1.29 is 14.6 Å². The van der Waals surface area contributed by atoms with Gasteiger partial charge in [0.25, 0.3) is 0 Å². The molecule has 1 spiro atoms. The predicted molar refractivity (Wildman–Crippen MR) is 65.9 cm³/mol. The molecule has 3 nitrogen and oxygen atoms in total. The molecule has 4 fully saturated rings. The Hall–Kier alpha value is -0.410. The highest BCUT2D eigenvalue weighted by molar-refractivity contribution is 5.87. The topological polar surface area (TPSA) is 46.5 Å². The Balaban J connectivity index is 1.90. The molecule has 0 aromatic heterocycles. The van der Waals surface area contributed by atoms with E-state index >= 15 is 0 Å². The summed E-state index contributed by atoms with van der Waals surface area (Å²) in [6, 6.07) is 0. The van der Waals surface area contributed by atoms with E-state index < -0.39 is 11.7 Å². The van der Waals surface area contributed by atoms with Crippen LogP contribution in [0.5, 0.6) is 0 Å². The first-order valence-corrected chi connectivity index (χ1v) is 7.23. The summed E-state index contributed by atoms with van der Waals surface area (Å²) in [7, 11) is 0. The Kier molecular flexibility index (Phi) is 1.81. The summed E-state index contributed by atoms with van der Waals surface area (Å²) in [5.41, 5.74) is -0.750. The first-order chi connectivity index (χ1) is 8.37. The number of Topliss-reactive ketones (excluding diaryl/α,β-unsaturated/α-hetero) is 1. The van der Waals surface area contributed by atoms with E-state index in [9.17, 15) is 9.90 Å². The van der Waals surface area contributed by atoms with Gasteiger partial charge in [0, 0.05) is 16.7 Å². The van der Waals surface area contributed by atoms with Crippen molar-refractivity contribution in [2.24, 2.45) is 28.6 Å². The van der Waals surface area contributed by atoms with E-state index in [1.165, 1.54) is 0 Å². The fourth-order valence-electron chi connectivity index (χ4n) is 5.77. The molecule has 1 heterocycles. The van der Waals surface area contributed by atoms with Gasteiger partial charge in [-0.15, -0.1) is 0 Å². The lowest BCUT2D eigenvalue weighted by Crippen LogP contribution is -2.70. The molecule has 3 heteroatoms. The molecule has 3 aliphatic carbocycles. The molecule has 3 saturated carbocycles. The monoisotopic (exact) mass is 250 g/mol. The van der Waals surface area contributed by atoms with Gasteiger partial charge in [-0.05, 0) is 25.2 Å². The van der Waals surface area contributed by atoms with Gasteiger partial charge in [0.05, 0.1) is 18.6 Å². The van der Waals surface area contributed by atoms with Crippen molar-refractivity contribution in [1.29, 1.82) is 0 Å². The van der Waals surface area contributed by atoms with Crippen LogP contribution in [0.25, 0.3) is 0 Å². The van der Waals surface area contributed by atoms with Gasteiger partial charge in [-0.3, -0.25) is 4.79 Å². The highest BCUT2D eigenvalue weighted by atomic mass is 16.5. The van der Waals surface area contributed by atoms with Gasteiger partial charge in [0.2, 0.25) is 0 Å². The van der Waals surface area contributed by atoms with Gasteiger partial charge < -0.3 is 9.84 Å². The Labute approximate surface area is 108 Å². The van der Waals surface area contributed by atoms with Crippen LogP contribution < -0.4 is 0 Å². The summed E-state index contributed by atoms with van der Waals surface area (Å²) in [4.78, 5) is 12.6. The quantitative estimate of drug-likeness (QED) is 0.713. The van der Waals surface area contributed by atoms with Crippen molar-refractivity contribution in [2.45, 2.75) is 51.7 Å². The van der Waals surface area contributed by atoms with Gasteiger partial charge in [-0.25, -0.2) is 0 Å². The van der Waals surface area contributed by atoms with Gasteiger partial charge in [-0.2, -0.15) is 0 Å². The minimum Gasteiger partial charge on any atom is -0.389 e. The lowest BCUT2D eigenvalue weighted by molar-refractivity contribution is -0.246. The number of fused-ring (bicyclic) bond motifs is 2. The first-order valence-electron chi connectivity index (χ1n) is 7.23. The Morgan fingerprint density at radius 2 is 2.11 bits per heavy atom. The number of aliphatic hydroxyl groups is 1. The smallest absolute Gasteiger partial charge is 0.142 e. The molecule has 0 aromatic carbocycles. The predicted octanol–water partition coefficient (Wildman–Crippen LogP) is 1.78. The number of ether oxygens (including phenoxy) is 1. The van der Waals surface area contributed by atoms with Crippen LogP contribution in [0.1, 0.15) is 40.0 Å². The summed E-state index contributed by atoms with van der Waals surface area (Å²) >= 11 is 0. The lowest BCUT2D eigenvalue weighted by atomic mass is 9.43. The summed E-state index contributed by atoms with van der Waals surface area (Å²) in [5, 5.41) is 10.8. The molecular weight excluding hydrogens is 228 g/mol. The summed E-state index contributed by atoms with van der Waals surface area (Å²) < 4.78 is 6.14. The van der Waals surface area contributed by atoms with E-state index in [1.54, 1.807) is 0 Å². The van der Waals surface area contributed by atoms with E-state index in [-0.39, 0.29) is 22.7 Å². The number of carbonyl (C=O) groups excluding carboxylic acids is 1. The molecule has 4 aliphatic rings. The van der Waals surface area contributed by atoms with Crippen molar-refractivity contribution in [2.75, 3.05) is 6.61 Å². The second-order valence-corrected chi connectivity index (χ2v) is 7.65. The van der Waals surface area contributed by atoms with Crippen molar-refractivity contribution in [3.8, 4) is 0 Å². The summed E-state index contributed by atoms with van der Waals surface area (Å²) in [5.74, 6) is 0.844. The molecule has 100 valence electrons. The van der Waals surface area contributed by atoms with Crippen LogP contribution in [0, 0.1) is 28.6 Å². The number of aliphatic hydroxyl groups excluding tert-OH is 1. The Morgan fingerprint density at radius 1 is 1.39 bits per heavy atom. The van der Waals surface area contributed by atoms with Crippen molar-refractivity contribution >= 4 is 5.78 Å². The largest absolute Gasteiger partial charge is 0.389 e. The number of rotatable bonds is 0. The van der Waals surface area contributed by atoms with E-state index in [4.69, 9.17) is 4.74 Å². The Morgan fingerprint density at radius 3 is 2.67 bits per heavy atom. The number of hydrogen-bond acceptors (Lipinski definition) is 3. The number of ketones is 1. The van der Waals surface area contributed by atoms with Crippen LogP contribution in [0.3, 0.4) is 0 Å². The molecule has 1 saturated heterocycles. The van der Waals surface area contributed by atoms with Crippen molar-refractivity contribution in [3.63, 3.8) is 0 Å². The third kappa shape index (κ3) is 0.847. The lowest BCUT2D eigenvalue weighted by Gasteiger charge is -2.64. The van der Waals surface area contributed by atoms with Crippen LogP contribution in [0.2, 0.25) is 0 Å². The van der Waals surface area contributed by atoms with Crippen molar-refractivity contribution in [1.82, 2.24) is 0 Å². The molecular formula is C15H22O3. The van der Waals surface area contributed by atoms with Gasteiger partial charge in [-0.1, -0.05) is 20.8 Å². The Bertz CT molecular complexity index is 447. The molecule has 4 rings (SSSR count). The second-order valence-electron chi connectivity index (χ2n) is 7.65. The number of hydrogen-bond donors (Lipinski definition) is 1. The normalized spacial score (nSPS) is 65.4. The first kappa shape index (κ1) is 11.4. The van der Waals surface area contributed by atoms with E-state index in [2.05, 4.69) is 20.8 Å². The van der Waals surface area contributed by atoms with E-state index in [0.717, 1.165) is 19.3 Å². The molecule has 7 unspecified atom stereocenters. The maximum Gasteiger partial charge on any atom is 0.142 e. The third-order valence-corrected chi connectivity index (χ3v) is 6.98. The summed E-state index contributed by atoms with van der Waals surface area (Å²) in [6.45, 7) is 7.03. The summed E-state index contributed by atoms with van der Waals surface area (Å²) in [6.07, 6.45) is 2.57. The molecule has 18 heavy (non-hydrogen) atoms. The average molecular weight is 250 g/mol. The SMILES string of the molecule is CC1C(=O)C2CC3(C)COC2(C3O)C2(C)CCC12. The van der Waals surface area contributed by atoms with E-state index in [0.29, 0.717) is 18.3 Å². The molecule has 0 aromatic rings. The minimum absolute atomic E-state index is 0.0126. The highest BCUT2D eigenvalue weighted by Crippen LogP contribution is 2.73. The molecule has 0 radical (unpaired) electrons. The fourth-order valence-corrected chi connectivity index (χ4v) is 5.77. The molecule has 0 amide bonds. The fraction of sp³-hybridized carbons (Fsp3) is 0.933. The molecule has 2 bridgehead atoms. The van der Waals surface area contributed by atoms with Crippen LogP contribution in [-0.4, -0.2) is 29.2 Å². The molecule has 7 atom stereocenters.